The first kappa shape index (κ1) is 10.8. The molecule has 1 N–H and O–H groups in total. The molecule has 0 aromatic heterocycles. The molecule has 1 fully saturated rings. The van der Waals surface area contributed by atoms with Gasteiger partial charge in [0.25, 0.3) is 0 Å². The lowest BCUT2D eigenvalue weighted by Gasteiger charge is -2.35. The van der Waals surface area contributed by atoms with Crippen molar-refractivity contribution in [3.63, 3.8) is 0 Å². The fraction of sp³-hybridized carbons (Fsp3) is 0.500. The van der Waals surface area contributed by atoms with Gasteiger partial charge in [-0.15, -0.1) is 11.8 Å². The summed E-state index contributed by atoms with van der Waals surface area (Å²) >= 11 is 1.77. The van der Waals surface area contributed by atoms with Gasteiger partial charge >= 0.3 is 0 Å². The maximum atomic E-state index is 5.25. The Morgan fingerprint density at radius 3 is 2.47 bits per heavy atom. The zero-order valence-electron chi connectivity index (χ0n) is 9.19. The molecule has 0 spiro atoms. The fourth-order valence-corrected chi connectivity index (χ4v) is 2.21. The number of nitrogens with one attached hydrogen (secondary N) is 1. The minimum atomic E-state index is 0.466. The number of anilines is 1. The molecule has 0 aliphatic heterocycles. The Labute approximate surface area is 95.4 Å². The van der Waals surface area contributed by atoms with Gasteiger partial charge in [-0.25, -0.2) is 0 Å². The van der Waals surface area contributed by atoms with Crippen LogP contribution in [0.3, 0.4) is 0 Å². The zero-order chi connectivity index (χ0) is 10.7. The van der Waals surface area contributed by atoms with Gasteiger partial charge in [-0.05, 0) is 43.4 Å². The van der Waals surface area contributed by atoms with Crippen molar-refractivity contribution in [2.24, 2.45) is 0 Å². The van der Waals surface area contributed by atoms with E-state index < -0.39 is 0 Å². The van der Waals surface area contributed by atoms with Gasteiger partial charge in [0.15, 0.2) is 0 Å². The van der Waals surface area contributed by atoms with E-state index in [0.717, 1.165) is 12.8 Å². The first-order chi connectivity index (χ1) is 7.31. The topological polar surface area (TPSA) is 21.3 Å². The quantitative estimate of drug-likeness (QED) is 0.793. The Kier molecular flexibility index (Phi) is 3.54. The van der Waals surface area contributed by atoms with E-state index in [0.29, 0.717) is 12.1 Å². The molecule has 2 nitrogen and oxygen atoms in total. The first-order valence-corrected chi connectivity index (χ1v) is 6.47. The van der Waals surface area contributed by atoms with Crippen molar-refractivity contribution in [3.05, 3.63) is 24.3 Å². The van der Waals surface area contributed by atoms with Gasteiger partial charge in [-0.2, -0.15) is 0 Å². The third-order valence-electron chi connectivity index (χ3n) is 2.89. The van der Waals surface area contributed by atoms with Crippen LogP contribution in [0.4, 0.5) is 5.69 Å². The Morgan fingerprint density at radius 1 is 1.27 bits per heavy atom. The summed E-state index contributed by atoms with van der Waals surface area (Å²) in [6, 6.07) is 9.19. The van der Waals surface area contributed by atoms with E-state index in [9.17, 15) is 0 Å². The highest BCUT2D eigenvalue weighted by atomic mass is 32.2. The lowest BCUT2D eigenvalue weighted by molar-refractivity contribution is 0.0329. The van der Waals surface area contributed by atoms with E-state index >= 15 is 0 Å². The summed E-state index contributed by atoms with van der Waals surface area (Å²) in [6.45, 7) is 0. The highest BCUT2D eigenvalue weighted by molar-refractivity contribution is 7.98. The van der Waals surface area contributed by atoms with Crippen molar-refractivity contribution in [3.8, 4) is 0 Å². The van der Waals surface area contributed by atoms with E-state index in [1.807, 2.05) is 0 Å². The molecule has 1 aromatic carbocycles. The van der Waals surface area contributed by atoms with E-state index in [1.54, 1.807) is 18.9 Å². The van der Waals surface area contributed by atoms with Gasteiger partial charge in [-0.1, -0.05) is 0 Å². The van der Waals surface area contributed by atoms with Crippen LogP contribution in [-0.2, 0) is 4.74 Å². The summed E-state index contributed by atoms with van der Waals surface area (Å²) in [7, 11) is 1.79. The molecule has 1 aromatic rings. The molecule has 2 rings (SSSR count). The van der Waals surface area contributed by atoms with Crippen LogP contribution >= 0.6 is 11.8 Å². The number of thioether (sulfide) groups is 1. The second-order valence-electron chi connectivity index (χ2n) is 3.90. The van der Waals surface area contributed by atoms with Crippen LogP contribution in [0.2, 0.25) is 0 Å². The van der Waals surface area contributed by atoms with Gasteiger partial charge in [0.1, 0.15) is 0 Å². The summed E-state index contributed by atoms with van der Waals surface area (Å²) in [6.07, 6.45) is 4.81. The van der Waals surface area contributed by atoms with Gasteiger partial charge in [0.05, 0.1) is 6.10 Å². The summed E-state index contributed by atoms with van der Waals surface area (Å²) in [5, 5.41) is 3.50. The summed E-state index contributed by atoms with van der Waals surface area (Å²) < 4.78 is 5.25. The Hall–Kier alpha value is -0.670. The molecule has 0 radical (unpaired) electrons. The average molecular weight is 223 g/mol. The standard InChI is InChI=1S/C12H17NOS/c1-14-11-7-10(8-11)13-9-3-5-12(15-2)6-4-9/h3-6,10-11,13H,7-8H2,1-2H3. The normalized spacial score (nSPS) is 24.7. The smallest absolute Gasteiger partial charge is 0.0610 e. The Balaban J connectivity index is 1.84. The van der Waals surface area contributed by atoms with Crippen molar-refractivity contribution >= 4 is 17.4 Å². The van der Waals surface area contributed by atoms with Crippen LogP contribution in [0, 0.1) is 0 Å². The molecule has 1 aliphatic carbocycles. The molecule has 0 bridgehead atoms. The molecule has 0 saturated heterocycles. The number of hydrogen-bond donors (Lipinski definition) is 1. The molecule has 1 saturated carbocycles. The molecule has 0 unspecified atom stereocenters. The molecule has 15 heavy (non-hydrogen) atoms. The zero-order valence-corrected chi connectivity index (χ0v) is 10.0. The molecular weight excluding hydrogens is 206 g/mol. The SMILES string of the molecule is COC1CC(Nc2ccc(SC)cc2)C1. The predicted molar refractivity (Wildman–Crippen MR) is 65.7 cm³/mol. The molecule has 82 valence electrons. The van der Waals surface area contributed by atoms with Crippen molar-refractivity contribution in [2.45, 2.75) is 29.9 Å². The van der Waals surface area contributed by atoms with Crippen molar-refractivity contribution < 1.29 is 4.74 Å². The number of methoxy groups -OCH3 is 1. The maximum Gasteiger partial charge on any atom is 0.0610 e. The predicted octanol–water partition coefficient (Wildman–Crippen LogP) is 3.00. The van der Waals surface area contributed by atoms with Crippen LogP contribution in [-0.4, -0.2) is 25.5 Å². The van der Waals surface area contributed by atoms with Crippen LogP contribution in [0.1, 0.15) is 12.8 Å². The van der Waals surface area contributed by atoms with Crippen LogP contribution < -0.4 is 5.32 Å². The van der Waals surface area contributed by atoms with E-state index in [1.165, 1.54) is 10.6 Å². The number of hydrogen-bond acceptors (Lipinski definition) is 3. The number of ether oxygens (including phenoxy) is 1. The van der Waals surface area contributed by atoms with E-state index in [-0.39, 0.29) is 0 Å². The van der Waals surface area contributed by atoms with Crippen molar-refractivity contribution in [2.75, 3.05) is 18.7 Å². The van der Waals surface area contributed by atoms with Crippen LogP contribution in [0.25, 0.3) is 0 Å². The molecule has 3 heteroatoms. The highest BCUT2D eigenvalue weighted by Gasteiger charge is 2.28. The summed E-state index contributed by atoms with van der Waals surface area (Å²) in [4.78, 5) is 1.31. The van der Waals surface area contributed by atoms with Crippen LogP contribution in [0.5, 0.6) is 0 Å². The van der Waals surface area contributed by atoms with E-state index in [2.05, 4.69) is 35.8 Å². The molecule has 0 heterocycles. The Morgan fingerprint density at radius 2 is 1.93 bits per heavy atom. The maximum absolute atomic E-state index is 5.25. The number of benzene rings is 1. The van der Waals surface area contributed by atoms with E-state index in [4.69, 9.17) is 4.74 Å². The minimum absolute atomic E-state index is 0.466. The highest BCUT2D eigenvalue weighted by Crippen LogP contribution is 2.27. The van der Waals surface area contributed by atoms with Crippen molar-refractivity contribution in [1.29, 1.82) is 0 Å². The summed E-state index contributed by atoms with van der Waals surface area (Å²) in [5.41, 5.74) is 1.22. The van der Waals surface area contributed by atoms with Gasteiger partial charge < -0.3 is 10.1 Å². The monoisotopic (exact) mass is 223 g/mol. The van der Waals surface area contributed by atoms with Crippen LogP contribution in [0.15, 0.2) is 29.2 Å². The third-order valence-corrected chi connectivity index (χ3v) is 3.63. The molecular formula is C12H17NOS. The molecule has 1 aliphatic rings. The van der Waals surface area contributed by atoms with Gasteiger partial charge in [-0.3, -0.25) is 0 Å². The van der Waals surface area contributed by atoms with Gasteiger partial charge in [0.2, 0.25) is 0 Å². The average Bonchev–Trinajstić information content (AvgIpc) is 2.23. The van der Waals surface area contributed by atoms with Crippen molar-refractivity contribution in [1.82, 2.24) is 0 Å². The molecule has 0 atom stereocenters. The second-order valence-corrected chi connectivity index (χ2v) is 4.78. The largest absolute Gasteiger partial charge is 0.382 e. The first-order valence-electron chi connectivity index (χ1n) is 5.25. The lowest BCUT2D eigenvalue weighted by atomic mass is 9.89. The number of rotatable bonds is 4. The third kappa shape index (κ3) is 2.67. The fourth-order valence-electron chi connectivity index (χ4n) is 1.80. The molecule has 0 amide bonds. The lowest BCUT2D eigenvalue weighted by Crippen LogP contribution is -2.40. The second kappa shape index (κ2) is 4.90. The minimum Gasteiger partial charge on any atom is -0.382 e. The Bertz CT molecular complexity index is 306. The summed E-state index contributed by atoms with van der Waals surface area (Å²) in [5.74, 6) is 0. The van der Waals surface area contributed by atoms with Gasteiger partial charge in [0, 0.05) is 23.7 Å².